The Balaban J connectivity index is 0.939. The van der Waals surface area contributed by atoms with Crippen molar-refractivity contribution in [1.82, 2.24) is 10.1 Å². The Morgan fingerprint density at radius 2 is 2.00 bits per heavy atom. The van der Waals surface area contributed by atoms with Gasteiger partial charge < -0.3 is 23.6 Å². The van der Waals surface area contributed by atoms with Crippen molar-refractivity contribution in [1.29, 1.82) is 0 Å². The normalized spacial score (nSPS) is 20.6. The Labute approximate surface area is 207 Å². The third kappa shape index (κ3) is 3.77. The van der Waals surface area contributed by atoms with Gasteiger partial charge in [-0.1, -0.05) is 5.16 Å². The summed E-state index contributed by atoms with van der Waals surface area (Å²) in [6.45, 7) is 4.13. The monoisotopic (exact) mass is 493 g/mol. The van der Waals surface area contributed by atoms with Crippen LogP contribution in [0.3, 0.4) is 0 Å². The number of aromatic nitrogens is 1. The number of anilines is 1. The van der Waals surface area contributed by atoms with Gasteiger partial charge in [-0.2, -0.15) is 0 Å². The first-order valence-corrected chi connectivity index (χ1v) is 12.7. The van der Waals surface area contributed by atoms with Gasteiger partial charge in [-0.05, 0) is 69.5 Å². The van der Waals surface area contributed by atoms with E-state index in [0.29, 0.717) is 24.7 Å². The molecule has 1 amide bonds. The molecule has 188 valence electrons. The average Bonchev–Trinajstić information content (AvgIpc) is 3.25. The molecule has 0 bridgehead atoms. The van der Waals surface area contributed by atoms with E-state index in [2.05, 4.69) is 10.1 Å². The van der Waals surface area contributed by atoms with E-state index in [1.54, 1.807) is 11.0 Å². The number of hydrogen-bond donors (Lipinski definition) is 0. The van der Waals surface area contributed by atoms with Gasteiger partial charge in [0.2, 0.25) is 6.79 Å². The molecule has 0 unspecified atom stereocenters. The molecule has 0 N–H and O–H groups in total. The molecule has 4 heterocycles. The van der Waals surface area contributed by atoms with Crippen LogP contribution in [-0.2, 0) is 11.2 Å². The summed E-state index contributed by atoms with van der Waals surface area (Å²) >= 11 is 0. The van der Waals surface area contributed by atoms with Crippen LogP contribution in [0.1, 0.15) is 42.9 Å². The summed E-state index contributed by atoms with van der Waals surface area (Å²) in [7, 11) is 0. The van der Waals surface area contributed by atoms with Crippen molar-refractivity contribution in [3.8, 4) is 11.5 Å². The minimum atomic E-state index is -0.309. The summed E-state index contributed by atoms with van der Waals surface area (Å²) in [5, 5.41) is 5.17. The maximum absolute atomic E-state index is 13.5. The van der Waals surface area contributed by atoms with Crippen LogP contribution in [0.4, 0.5) is 14.9 Å². The van der Waals surface area contributed by atoms with E-state index in [9.17, 15) is 9.18 Å². The number of likely N-dealkylation sites (tertiary alicyclic amines) is 1. The largest absolute Gasteiger partial charge is 0.454 e. The summed E-state index contributed by atoms with van der Waals surface area (Å²) in [5.74, 6) is 1.51. The van der Waals surface area contributed by atoms with Gasteiger partial charge in [-0.3, -0.25) is 4.90 Å². The van der Waals surface area contributed by atoms with Crippen LogP contribution < -0.4 is 14.4 Å². The van der Waals surface area contributed by atoms with E-state index in [0.717, 1.165) is 85.6 Å². The van der Waals surface area contributed by atoms with E-state index in [-0.39, 0.29) is 24.1 Å². The minimum Gasteiger partial charge on any atom is -0.454 e. The van der Waals surface area contributed by atoms with Crippen molar-refractivity contribution in [2.24, 2.45) is 5.41 Å². The summed E-state index contributed by atoms with van der Waals surface area (Å²) in [6, 6.07) is 8.41. The molecule has 4 aliphatic rings. The second-order valence-electron chi connectivity index (χ2n) is 10.5. The summed E-state index contributed by atoms with van der Waals surface area (Å²) in [6.07, 6.45) is 4.58. The molecule has 0 radical (unpaired) electrons. The van der Waals surface area contributed by atoms with E-state index < -0.39 is 0 Å². The van der Waals surface area contributed by atoms with Crippen LogP contribution in [0.5, 0.6) is 11.5 Å². The third-order valence-corrected chi connectivity index (χ3v) is 8.17. The second kappa shape index (κ2) is 8.37. The molecule has 1 aliphatic carbocycles. The lowest BCUT2D eigenvalue weighted by atomic mass is 9.91. The molecule has 0 spiro atoms. The lowest BCUT2D eigenvalue weighted by Crippen LogP contribution is -2.39. The Bertz CT molecular complexity index is 1330. The number of piperidine rings is 1. The van der Waals surface area contributed by atoms with Crippen molar-refractivity contribution in [2.45, 2.75) is 38.0 Å². The summed E-state index contributed by atoms with van der Waals surface area (Å²) in [4.78, 5) is 17.1. The maximum Gasteiger partial charge on any atom is 0.414 e. The number of benzene rings is 2. The third-order valence-electron chi connectivity index (χ3n) is 8.17. The fraction of sp³-hybridized carbons (Fsp3) is 0.481. The number of amides is 1. The van der Waals surface area contributed by atoms with E-state index in [1.807, 2.05) is 12.1 Å². The standard InChI is InChI=1S/C27H28FN3O5/c28-18-1-2-20-23(13-18)36-29-24(20)17-5-10-30(11-6-17)14-27(8-9-27)15-33-26(32)31-12-7-19-21(31)3-4-22-25(19)35-16-34-22/h1-4,13,17H,5-12,14-16H2. The molecule has 8 nitrogen and oxygen atoms in total. The zero-order valence-corrected chi connectivity index (χ0v) is 20.0. The van der Waals surface area contributed by atoms with Gasteiger partial charge in [-0.25, -0.2) is 9.18 Å². The molecule has 1 aromatic heterocycles. The number of carbonyl (C=O) groups is 1. The van der Waals surface area contributed by atoms with Gasteiger partial charge in [0.05, 0.1) is 11.4 Å². The number of carbonyl (C=O) groups excluding carboxylic acids is 1. The van der Waals surface area contributed by atoms with Crippen molar-refractivity contribution in [3.63, 3.8) is 0 Å². The van der Waals surface area contributed by atoms with Crippen LogP contribution in [0.15, 0.2) is 34.9 Å². The fourth-order valence-electron chi connectivity index (χ4n) is 5.93. The van der Waals surface area contributed by atoms with Crippen molar-refractivity contribution in [3.05, 3.63) is 47.4 Å². The molecular weight excluding hydrogens is 465 g/mol. The predicted octanol–water partition coefficient (Wildman–Crippen LogP) is 4.85. The molecular formula is C27H28FN3O5. The van der Waals surface area contributed by atoms with Crippen molar-refractivity contribution in [2.75, 3.05) is 44.5 Å². The number of fused-ring (bicyclic) bond motifs is 4. The number of halogens is 1. The Hall–Kier alpha value is -3.33. The Kier molecular flexibility index (Phi) is 5.09. The van der Waals surface area contributed by atoms with Crippen LogP contribution >= 0.6 is 0 Å². The highest BCUT2D eigenvalue weighted by Crippen LogP contribution is 2.48. The summed E-state index contributed by atoms with van der Waals surface area (Å²) < 4.78 is 35.8. The van der Waals surface area contributed by atoms with Crippen molar-refractivity contribution < 1.29 is 27.9 Å². The number of ether oxygens (including phenoxy) is 3. The molecule has 2 aromatic carbocycles. The lowest BCUT2D eigenvalue weighted by molar-refractivity contribution is 0.0985. The zero-order chi connectivity index (χ0) is 24.3. The van der Waals surface area contributed by atoms with Crippen LogP contribution in [0.2, 0.25) is 0 Å². The van der Waals surface area contributed by atoms with E-state index in [4.69, 9.17) is 18.7 Å². The number of hydrogen-bond acceptors (Lipinski definition) is 7. The smallest absolute Gasteiger partial charge is 0.414 e. The molecule has 9 heteroatoms. The zero-order valence-electron chi connectivity index (χ0n) is 20.0. The lowest BCUT2D eigenvalue weighted by Gasteiger charge is -2.34. The summed E-state index contributed by atoms with van der Waals surface area (Å²) in [5.41, 5.74) is 3.39. The van der Waals surface area contributed by atoms with E-state index >= 15 is 0 Å². The van der Waals surface area contributed by atoms with Gasteiger partial charge in [0.1, 0.15) is 12.4 Å². The quantitative estimate of drug-likeness (QED) is 0.503. The van der Waals surface area contributed by atoms with Crippen LogP contribution in [0, 0.1) is 11.2 Å². The molecule has 0 atom stereocenters. The minimum absolute atomic E-state index is 0.0536. The number of rotatable bonds is 5. The molecule has 3 aromatic rings. The first-order chi connectivity index (χ1) is 17.6. The molecule has 1 saturated carbocycles. The van der Waals surface area contributed by atoms with E-state index in [1.165, 1.54) is 12.1 Å². The highest BCUT2D eigenvalue weighted by Gasteiger charge is 2.46. The Morgan fingerprint density at radius 3 is 2.83 bits per heavy atom. The van der Waals surface area contributed by atoms with Gasteiger partial charge in [-0.15, -0.1) is 0 Å². The van der Waals surface area contributed by atoms with Gasteiger partial charge >= 0.3 is 6.09 Å². The highest BCUT2D eigenvalue weighted by atomic mass is 19.1. The van der Waals surface area contributed by atoms with Crippen LogP contribution in [-0.4, -0.2) is 55.7 Å². The highest BCUT2D eigenvalue weighted by molar-refractivity contribution is 5.91. The predicted molar refractivity (Wildman–Crippen MR) is 129 cm³/mol. The first-order valence-electron chi connectivity index (χ1n) is 12.7. The fourth-order valence-corrected chi connectivity index (χ4v) is 5.93. The van der Waals surface area contributed by atoms with Gasteiger partial charge in [0.15, 0.2) is 17.1 Å². The topological polar surface area (TPSA) is 77.3 Å². The average molecular weight is 494 g/mol. The van der Waals surface area contributed by atoms with Crippen LogP contribution in [0.25, 0.3) is 11.0 Å². The van der Waals surface area contributed by atoms with Gasteiger partial charge in [0.25, 0.3) is 0 Å². The van der Waals surface area contributed by atoms with Crippen molar-refractivity contribution >= 4 is 22.7 Å². The first kappa shape index (κ1) is 21.9. The Morgan fingerprint density at radius 1 is 1.14 bits per heavy atom. The molecule has 1 saturated heterocycles. The maximum atomic E-state index is 13.5. The molecule has 7 rings (SSSR count). The number of nitrogens with zero attached hydrogens (tertiary/aromatic N) is 3. The molecule has 3 aliphatic heterocycles. The SMILES string of the molecule is O=C(OCC1(CN2CCC(c3noc4cc(F)ccc34)CC2)CC1)N1CCc2c1ccc1c2OCO1. The second-order valence-corrected chi connectivity index (χ2v) is 10.5. The van der Waals surface area contributed by atoms with Gasteiger partial charge in [0, 0.05) is 41.4 Å². The molecule has 36 heavy (non-hydrogen) atoms. The molecule has 2 fully saturated rings.